The number of ether oxygens (including phenoxy) is 2. The standard InChI is InChI=1S/C14H26N2O3/c1-3-18-6-7-19-10(2)14(17)16-13-8-11-4-5-12(9-13)15-11/h10-13,15H,3-9H2,1-2H3,(H,16,17). The van der Waals surface area contributed by atoms with Crippen molar-refractivity contribution in [3.63, 3.8) is 0 Å². The molecule has 110 valence electrons. The summed E-state index contributed by atoms with van der Waals surface area (Å²) < 4.78 is 10.6. The Morgan fingerprint density at radius 1 is 1.32 bits per heavy atom. The summed E-state index contributed by atoms with van der Waals surface area (Å²) in [6.07, 6.45) is 4.20. The smallest absolute Gasteiger partial charge is 0.249 e. The minimum Gasteiger partial charge on any atom is -0.379 e. The summed E-state index contributed by atoms with van der Waals surface area (Å²) in [7, 11) is 0. The van der Waals surface area contributed by atoms with Crippen LogP contribution in [0.15, 0.2) is 0 Å². The second-order valence-corrected chi connectivity index (χ2v) is 5.52. The number of piperidine rings is 1. The molecule has 5 heteroatoms. The zero-order chi connectivity index (χ0) is 13.7. The molecule has 2 fully saturated rings. The van der Waals surface area contributed by atoms with Gasteiger partial charge in [-0.1, -0.05) is 0 Å². The summed E-state index contributed by atoms with van der Waals surface area (Å²) in [6, 6.07) is 1.50. The van der Waals surface area contributed by atoms with Crippen LogP contribution in [0.4, 0.5) is 0 Å². The first-order valence-electron chi connectivity index (χ1n) is 7.44. The third-order valence-corrected chi connectivity index (χ3v) is 3.99. The van der Waals surface area contributed by atoms with Crippen LogP contribution in [0.5, 0.6) is 0 Å². The van der Waals surface area contributed by atoms with Crippen molar-refractivity contribution < 1.29 is 14.3 Å². The van der Waals surface area contributed by atoms with Gasteiger partial charge in [-0.25, -0.2) is 0 Å². The Hall–Kier alpha value is -0.650. The summed E-state index contributed by atoms with van der Waals surface area (Å²) in [6.45, 7) is 5.45. The first-order valence-corrected chi connectivity index (χ1v) is 7.44. The minimum atomic E-state index is -0.395. The number of fused-ring (bicyclic) bond motifs is 2. The molecule has 2 aliphatic rings. The van der Waals surface area contributed by atoms with Gasteiger partial charge in [-0.2, -0.15) is 0 Å². The molecule has 19 heavy (non-hydrogen) atoms. The predicted octanol–water partition coefficient (Wildman–Crippen LogP) is 0.827. The summed E-state index contributed by atoms with van der Waals surface area (Å²) in [5.41, 5.74) is 0. The maximum Gasteiger partial charge on any atom is 0.249 e. The van der Waals surface area contributed by atoms with E-state index in [9.17, 15) is 4.79 Å². The number of nitrogens with one attached hydrogen (secondary N) is 2. The number of hydrogen-bond donors (Lipinski definition) is 2. The van der Waals surface area contributed by atoms with Crippen LogP contribution in [0, 0.1) is 0 Å². The lowest BCUT2D eigenvalue weighted by molar-refractivity contribution is -0.133. The Kier molecular flexibility index (Phi) is 5.60. The van der Waals surface area contributed by atoms with E-state index in [-0.39, 0.29) is 5.91 Å². The summed E-state index contributed by atoms with van der Waals surface area (Å²) in [5.74, 6) is 0.00259. The highest BCUT2D eigenvalue weighted by Gasteiger charge is 2.34. The van der Waals surface area contributed by atoms with Crippen LogP contribution >= 0.6 is 0 Å². The third-order valence-electron chi connectivity index (χ3n) is 3.99. The van der Waals surface area contributed by atoms with Gasteiger partial charge in [-0.15, -0.1) is 0 Å². The molecule has 3 unspecified atom stereocenters. The molecule has 0 saturated carbocycles. The molecule has 2 saturated heterocycles. The molecule has 0 radical (unpaired) electrons. The molecule has 0 aromatic rings. The fourth-order valence-electron chi connectivity index (χ4n) is 3.00. The van der Waals surface area contributed by atoms with Crippen molar-refractivity contribution in [3.8, 4) is 0 Å². The molecule has 2 bridgehead atoms. The van der Waals surface area contributed by atoms with E-state index in [1.54, 1.807) is 6.92 Å². The van der Waals surface area contributed by atoms with Gasteiger partial charge >= 0.3 is 0 Å². The predicted molar refractivity (Wildman–Crippen MR) is 73.0 cm³/mol. The lowest BCUT2D eigenvalue weighted by atomic mass is 9.99. The fourth-order valence-corrected chi connectivity index (χ4v) is 3.00. The fraction of sp³-hybridized carbons (Fsp3) is 0.929. The van der Waals surface area contributed by atoms with Crippen molar-refractivity contribution in [1.29, 1.82) is 0 Å². The zero-order valence-electron chi connectivity index (χ0n) is 12.0. The first kappa shape index (κ1) is 14.8. The van der Waals surface area contributed by atoms with Gasteiger partial charge in [0.2, 0.25) is 5.91 Å². The lowest BCUT2D eigenvalue weighted by Gasteiger charge is -2.30. The van der Waals surface area contributed by atoms with Gasteiger partial charge in [-0.05, 0) is 39.5 Å². The number of rotatable bonds is 7. The molecule has 2 rings (SSSR count). The number of amides is 1. The molecule has 5 nitrogen and oxygen atoms in total. The average Bonchev–Trinajstić information content (AvgIpc) is 2.73. The van der Waals surface area contributed by atoms with Crippen molar-refractivity contribution >= 4 is 5.91 Å². The molecule has 0 aliphatic carbocycles. The molecule has 2 heterocycles. The number of hydrogen-bond acceptors (Lipinski definition) is 4. The maximum absolute atomic E-state index is 12.0. The normalized spacial score (nSPS) is 31.2. The van der Waals surface area contributed by atoms with Crippen molar-refractivity contribution in [1.82, 2.24) is 10.6 Å². The largest absolute Gasteiger partial charge is 0.379 e. The Bertz CT molecular complexity index is 286. The van der Waals surface area contributed by atoms with Gasteiger partial charge in [0.15, 0.2) is 0 Å². The maximum atomic E-state index is 12.0. The Morgan fingerprint density at radius 3 is 2.63 bits per heavy atom. The van der Waals surface area contributed by atoms with Gasteiger partial charge in [0.1, 0.15) is 6.10 Å². The zero-order valence-corrected chi connectivity index (χ0v) is 12.0. The first-order chi connectivity index (χ1) is 9.19. The average molecular weight is 270 g/mol. The highest BCUT2D eigenvalue weighted by atomic mass is 16.5. The molecule has 0 aromatic carbocycles. The van der Waals surface area contributed by atoms with E-state index in [0.717, 1.165) is 12.8 Å². The van der Waals surface area contributed by atoms with Crippen LogP contribution in [0.1, 0.15) is 39.5 Å². The van der Waals surface area contributed by atoms with E-state index in [1.807, 2.05) is 6.92 Å². The van der Waals surface area contributed by atoms with Crippen molar-refractivity contribution in [2.75, 3.05) is 19.8 Å². The molecular formula is C14H26N2O3. The topological polar surface area (TPSA) is 59.6 Å². The molecule has 3 atom stereocenters. The van der Waals surface area contributed by atoms with E-state index in [4.69, 9.17) is 9.47 Å². The minimum absolute atomic E-state index is 0.00259. The summed E-state index contributed by atoms with van der Waals surface area (Å²) in [5, 5.41) is 6.69. The second-order valence-electron chi connectivity index (χ2n) is 5.52. The van der Waals surface area contributed by atoms with Gasteiger partial charge < -0.3 is 20.1 Å². The van der Waals surface area contributed by atoms with Crippen molar-refractivity contribution in [2.45, 2.75) is 63.8 Å². The molecule has 0 aromatic heterocycles. The van der Waals surface area contributed by atoms with Crippen molar-refractivity contribution in [2.24, 2.45) is 0 Å². The Labute approximate surface area is 115 Å². The van der Waals surface area contributed by atoms with E-state index in [0.29, 0.717) is 37.9 Å². The monoisotopic (exact) mass is 270 g/mol. The summed E-state index contributed by atoms with van der Waals surface area (Å²) in [4.78, 5) is 12.0. The molecule has 2 aliphatic heterocycles. The molecule has 2 N–H and O–H groups in total. The van der Waals surface area contributed by atoms with Gasteiger partial charge in [0.05, 0.1) is 13.2 Å². The van der Waals surface area contributed by atoms with E-state index < -0.39 is 6.10 Å². The van der Waals surface area contributed by atoms with Crippen LogP contribution < -0.4 is 10.6 Å². The van der Waals surface area contributed by atoms with E-state index in [2.05, 4.69) is 10.6 Å². The number of carbonyl (C=O) groups is 1. The highest BCUT2D eigenvalue weighted by molar-refractivity contribution is 5.80. The van der Waals surface area contributed by atoms with Crippen LogP contribution in [0.2, 0.25) is 0 Å². The van der Waals surface area contributed by atoms with Crippen LogP contribution in [-0.4, -0.2) is 50.0 Å². The van der Waals surface area contributed by atoms with Crippen LogP contribution in [0.3, 0.4) is 0 Å². The van der Waals surface area contributed by atoms with Gasteiger partial charge in [0.25, 0.3) is 0 Å². The second kappa shape index (κ2) is 7.22. The lowest BCUT2D eigenvalue weighted by Crippen LogP contribution is -2.50. The molecule has 1 amide bonds. The SMILES string of the molecule is CCOCCOC(C)C(=O)NC1CC2CCC(C1)N2. The molecular weight excluding hydrogens is 244 g/mol. The van der Waals surface area contributed by atoms with Gasteiger partial charge in [0, 0.05) is 24.7 Å². The van der Waals surface area contributed by atoms with Crippen molar-refractivity contribution in [3.05, 3.63) is 0 Å². The Morgan fingerprint density at radius 2 is 2.00 bits per heavy atom. The molecule has 0 spiro atoms. The third kappa shape index (κ3) is 4.44. The van der Waals surface area contributed by atoms with E-state index >= 15 is 0 Å². The van der Waals surface area contributed by atoms with Gasteiger partial charge in [-0.3, -0.25) is 4.79 Å². The highest BCUT2D eigenvalue weighted by Crippen LogP contribution is 2.26. The van der Waals surface area contributed by atoms with Crippen LogP contribution in [-0.2, 0) is 14.3 Å². The van der Waals surface area contributed by atoms with E-state index in [1.165, 1.54) is 12.8 Å². The summed E-state index contributed by atoms with van der Waals surface area (Å²) >= 11 is 0. The number of carbonyl (C=O) groups excluding carboxylic acids is 1. The quantitative estimate of drug-likeness (QED) is 0.673. The Balaban J connectivity index is 1.65. The van der Waals surface area contributed by atoms with Crippen LogP contribution in [0.25, 0.3) is 0 Å².